The lowest BCUT2D eigenvalue weighted by Gasteiger charge is -2.18. The van der Waals surface area contributed by atoms with E-state index in [1.54, 1.807) is 54.4 Å². The van der Waals surface area contributed by atoms with Crippen molar-refractivity contribution in [1.29, 1.82) is 0 Å². The molecule has 8 nitrogen and oxygen atoms in total. The van der Waals surface area contributed by atoms with Crippen LogP contribution in [0.2, 0.25) is 0 Å². The van der Waals surface area contributed by atoms with Gasteiger partial charge < -0.3 is 20.7 Å². The maximum absolute atomic E-state index is 12.4. The molecule has 0 bridgehead atoms. The Balaban J connectivity index is 1.81. The van der Waals surface area contributed by atoms with Crippen LogP contribution in [0.4, 0.5) is 5.69 Å². The van der Waals surface area contributed by atoms with Gasteiger partial charge in [-0.1, -0.05) is 18.2 Å². The predicted octanol–water partition coefficient (Wildman–Crippen LogP) is 1.45. The first-order valence-electron chi connectivity index (χ1n) is 9.02. The summed E-state index contributed by atoms with van der Waals surface area (Å²) in [6.45, 7) is -0.408. The van der Waals surface area contributed by atoms with E-state index >= 15 is 0 Å². The first-order chi connectivity index (χ1) is 14.1. The molecule has 1 atom stereocenters. The first-order valence-corrected chi connectivity index (χ1v) is 10.4. The number of rotatable bonds is 11. The summed E-state index contributed by atoms with van der Waals surface area (Å²) < 4.78 is 5.40. The standard InChI is InChI=1S/C20H24N4O4S/c1-29-11-9-17(24-19(26)14-28-16-7-3-2-4-8-16)20(27)22-13-18(25)23-15-6-5-10-21-12-15/h2-8,10,12,17H,9,11,13-14H2,1H3,(H,22,27)(H,23,25)(H,24,26). The van der Waals surface area contributed by atoms with Gasteiger partial charge in [-0.05, 0) is 42.7 Å². The number of hydrogen-bond acceptors (Lipinski definition) is 6. The normalized spacial score (nSPS) is 11.2. The van der Waals surface area contributed by atoms with E-state index in [0.717, 1.165) is 0 Å². The van der Waals surface area contributed by atoms with Gasteiger partial charge >= 0.3 is 0 Å². The van der Waals surface area contributed by atoms with E-state index in [9.17, 15) is 14.4 Å². The highest BCUT2D eigenvalue weighted by Crippen LogP contribution is 2.08. The third-order valence-corrected chi connectivity index (χ3v) is 4.39. The number of carbonyl (C=O) groups excluding carboxylic acids is 3. The van der Waals surface area contributed by atoms with E-state index in [1.165, 1.54) is 6.20 Å². The van der Waals surface area contributed by atoms with Crippen molar-refractivity contribution >= 4 is 35.2 Å². The van der Waals surface area contributed by atoms with Gasteiger partial charge in [0, 0.05) is 6.20 Å². The van der Waals surface area contributed by atoms with Gasteiger partial charge in [0.2, 0.25) is 11.8 Å². The fraction of sp³-hybridized carbons (Fsp3) is 0.300. The fourth-order valence-electron chi connectivity index (χ4n) is 2.34. The van der Waals surface area contributed by atoms with E-state index in [1.807, 2.05) is 12.3 Å². The van der Waals surface area contributed by atoms with Crippen molar-refractivity contribution in [2.45, 2.75) is 12.5 Å². The summed E-state index contributed by atoms with van der Waals surface area (Å²) in [5.41, 5.74) is 0.539. The molecule has 0 aliphatic heterocycles. The molecule has 3 N–H and O–H groups in total. The molecule has 3 amide bonds. The number of anilines is 1. The molecule has 0 saturated heterocycles. The summed E-state index contributed by atoms with van der Waals surface area (Å²) in [7, 11) is 0. The molecule has 0 spiro atoms. The Kier molecular flexibility index (Phi) is 9.50. The van der Waals surface area contributed by atoms with E-state index in [-0.39, 0.29) is 19.1 Å². The van der Waals surface area contributed by atoms with Gasteiger partial charge in [-0.25, -0.2) is 0 Å². The number of para-hydroxylation sites is 1. The number of benzene rings is 1. The highest BCUT2D eigenvalue weighted by atomic mass is 32.2. The molecule has 2 rings (SSSR count). The second kappa shape index (κ2) is 12.4. The Morgan fingerprint density at radius 3 is 2.59 bits per heavy atom. The smallest absolute Gasteiger partial charge is 0.258 e. The van der Waals surface area contributed by atoms with Gasteiger partial charge in [-0.15, -0.1) is 0 Å². The SMILES string of the molecule is CSCCC(NC(=O)COc1ccccc1)C(=O)NCC(=O)Nc1cccnc1. The average molecular weight is 417 g/mol. The van der Waals surface area contributed by atoms with Gasteiger partial charge in [-0.2, -0.15) is 11.8 Å². The summed E-state index contributed by atoms with van der Waals surface area (Å²) in [4.78, 5) is 40.5. The molecule has 29 heavy (non-hydrogen) atoms. The van der Waals surface area contributed by atoms with Crippen molar-refractivity contribution in [3.05, 3.63) is 54.9 Å². The molecule has 1 unspecified atom stereocenters. The quantitative estimate of drug-likeness (QED) is 0.512. The largest absolute Gasteiger partial charge is 0.484 e. The van der Waals surface area contributed by atoms with Crippen molar-refractivity contribution in [2.75, 3.05) is 30.5 Å². The van der Waals surface area contributed by atoms with E-state index < -0.39 is 17.9 Å². The monoisotopic (exact) mass is 416 g/mol. The minimum atomic E-state index is -0.750. The van der Waals surface area contributed by atoms with Crippen molar-refractivity contribution < 1.29 is 19.1 Å². The van der Waals surface area contributed by atoms with Crippen LogP contribution in [-0.2, 0) is 14.4 Å². The molecule has 0 aliphatic rings. The molecule has 1 heterocycles. The number of nitrogens with one attached hydrogen (secondary N) is 3. The molecular formula is C20H24N4O4S. The van der Waals surface area contributed by atoms with Gasteiger partial charge in [0.15, 0.2) is 6.61 Å². The van der Waals surface area contributed by atoms with Crippen molar-refractivity contribution in [3.63, 3.8) is 0 Å². The van der Waals surface area contributed by atoms with Crippen LogP contribution >= 0.6 is 11.8 Å². The van der Waals surface area contributed by atoms with Crippen LogP contribution in [0.1, 0.15) is 6.42 Å². The molecule has 9 heteroatoms. The Morgan fingerprint density at radius 1 is 1.10 bits per heavy atom. The maximum atomic E-state index is 12.4. The number of nitrogens with zero attached hydrogens (tertiary/aromatic N) is 1. The predicted molar refractivity (Wildman–Crippen MR) is 113 cm³/mol. The van der Waals surface area contributed by atoms with E-state index in [0.29, 0.717) is 23.6 Å². The van der Waals surface area contributed by atoms with Crippen LogP contribution in [0.15, 0.2) is 54.9 Å². The summed E-state index contributed by atoms with van der Waals surface area (Å²) in [6.07, 6.45) is 5.46. The summed E-state index contributed by atoms with van der Waals surface area (Å²) in [5, 5.41) is 7.85. The first kappa shape index (κ1) is 22.2. The highest BCUT2D eigenvalue weighted by Gasteiger charge is 2.21. The van der Waals surface area contributed by atoms with Crippen molar-refractivity contribution in [1.82, 2.24) is 15.6 Å². The molecule has 1 aromatic heterocycles. The third-order valence-electron chi connectivity index (χ3n) is 3.74. The van der Waals surface area contributed by atoms with Crippen molar-refractivity contribution in [3.8, 4) is 5.75 Å². The number of carbonyl (C=O) groups is 3. The van der Waals surface area contributed by atoms with Crippen LogP contribution in [-0.4, -0.2) is 53.9 Å². The van der Waals surface area contributed by atoms with Crippen LogP contribution in [0.5, 0.6) is 5.75 Å². The van der Waals surface area contributed by atoms with Crippen LogP contribution in [0.25, 0.3) is 0 Å². The molecular weight excluding hydrogens is 392 g/mol. The minimum Gasteiger partial charge on any atom is -0.484 e. The number of thioether (sulfide) groups is 1. The van der Waals surface area contributed by atoms with Gasteiger partial charge in [0.1, 0.15) is 11.8 Å². The molecule has 0 saturated carbocycles. The summed E-state index contributed by atoms with van der Waals surface area (Å²) in [5.74, 6) is 0.0386. The Hall–Kier alpha value is -3.07. The Bertz CT molecular complexity index is 790. The van der Waals surface area contributed by atoms with E-state index in [2.05, 4.69) is 20.9 Å². The van der Waals surface area contributed by atoms with E-state index in [4.69, 9.17) is 4.74 Å². The van der Waals surface area contributed by atoms with Gasteiger partial charge in [0.05, 0.1) is 18.4 Å². The molecule has 0 fully saturated rings. The Morgan fingerprint density at radius 2 is 1.90 bits per heavy atom. The zero-order valence-corrected chi connectivity index (χ0v) is 16.9. The van der Waals surface area contributed by atoms with Crippen LogP contribution in [0, 0.1) is 0 Å². The minimum absolute atomic E-state index is 0.200. The zero-order chi connectivity index (χ0) is 20.9. The lowest BCUT2D eigenvalue weighted by atomic mass is 10.2. The molecule has 0 aliphatic carbocycles. The number of aromatic nitrogens is 1. The second-order valence-electron chi connectivity index (χ2n) is 6.01. The maximum Gasteiger partial charge on any atom is 0.258 e. The fourth-order valence-corrected chi connectivity index (χ4v) is 2.81. The number of amides is 3. The van der Waals surface area contributed by atoms with Crippen molar-refractivity contribution in [2.24, 2.45) is 0 Å². The lowest BCUT2D eigenvalue weighted by molar-refractivity contribution is -0.130. The topological polar surface area (TPSA) is 109 Å². The average Bonchev–Trinajstić information content (AvgIpc) is 2.75. The number of hydrogen-bond donors (Lipinski definition) is 3. The summed E-state index contributed by atoms with van der Waals surface area (Å²) >= 11 is 1.56. The molecule has 2 aromatic rings. The van der Waals surface area contributed by atoms with Gasteiger partial charge in [0.25, 0.3) is 5.91 Å². The Labute approximate surface area is 173 Å². The van der Waals surface area contributed by atoms with Crippen LogP contribution in [0.3, 0.4) is 0 Å². The van der Waals surface area contributed by atoms with Crippen LogP contribution < -0.4 is 20.7 Å². The lowest BCUT2D eigenvalue weighted by Crippen LogP contribution is -2.49. The zero-order valence-electron chi connectivity index (χ0n) is 16.1. The number of pyridine rings is 1. The summed E-state index contributed by atoms with van der Waals surface area (Å²) in [6, 6.07) is 11.6. The molecule has 154 valence electrons. The third kappa shape index (κ3) is 8.65. The molecule has 1 aromatic carbocycles. The second-order valence-corrected chi connectivity index (χ2v) is 7.00. The number of ether oxygens (including phenoxy) is 1. The van der Waals surface area contributed by atoms with Gasteiger partial charge in [-0.3, -0.25) is 19.4 Å². The highest BCUT2D eigenvalue weighted by molar-refractivity contribution is 7.98. The molecule has 0 radical (unpaired) electrons.